The van der Waals surface area contributed by atoms with Crippen molar-refractivity contribution >= 4 is 45.0 Å². The molecule has 2 aromatic heterocycles. The summed E-state index contributed by atoms with van der Waals surface area (Å²) in [5, 5.41) is 11.2. The Morgan fingerprint density at radius 3 is 2.57 bits per heavy atom. The Morgan fingerprint density at radius 2 is 1.91 bits per heavy atom. The molecule has 0 amide bonds. The summed E-state index contributed by atoms with van der Waals surface area (Å²) in [4.78, 5) is 43.3. The summed E-state index contributed by atoms with van der Waals surface area (Å²) in [6, 6.07) is 12.3. The van der Waals surface area contributed by atoms with Crippen LogP contribution in [-0.2, 0) is 9.53 Å². The highest BCUT2D eigenvalue weighted by Crippen LogP contribution is 2.37. The molecule has 5 rings (SSSR count). The molecule has 13 heteroatoms. The zero-order valence-electron chi connectivity index (χ0n) is 24.3. The van der Waals surface area contributed by atoms with Crippen molar-refractivity contribution in [2.24, 2.45) is 4.99 Å². The van der Waals surface area contributed by atoms with E-state index in [0.717, 1.165) is 6.42 Å². The molecule has 3 heterocycles. The zero-order valence-corrected chi connectivity index (χ0v) is 26.7. The van der Waals surface area contributed by atoms with Gasteiger partial charge in [-0.3, -0.25) is 19.5 Å². The quantitative estimate of drug-likeness (QED) is 0.121. The lowest BCUT2D eigenvalue weighted by Crippen LogP contribution is -2.40. The molecule has 44 heavy (non-hydrogen) atoms. The molecule has 1 unspecified atom stereocenters. The van der Waals surface area contributed by atoms with Gasteiger partial charge >= 0.3 is 5.97 Å². The van der Waals surface area contributed by atoms with Crippen LogP contribution in [0.3, 0.4) is 0 Å². The number of halogens is 1. The van der Waals surface area contributed by atoms with Crippen molar-refractivity contribution in [3.8, 4) is 22.8 Å². The predicted molar refractivity (Wildman–Crippen MR) is 168 cm³/mol. The maximum atomic E-state index is 14.0. The number of thiazole rings is 1. The second kappa shape index (κ2) is 13.0. The largest absolute Gasteiger partial charge is 0.496 e. The Labute approximate surface area is 264 Å². The number of fused-ring (bicyclic) bond motifs is 1. The summed E-state index contributed by atoms with van der Waals surface area (Å²) in [7, 11) is 2.98. The number of nitrogens with zero attached hydrogens (tertiary/aromatic N) is 3. The number of esters is 1. The van der Waals surface area contributed by atoms with Gasteiger partial charge in [0.15, 0.2) is 4.80 Å². The van der Waals surface area contributed by atoms with Crippen LogP contribution in [0, 0.1) is 10.1 Å². The number of hydrogen-bond donors (Lipinski definition) is 0. The standard InChI is InChI=1S/C31H28BrN3O8S/c1-5-7-22-27(30(37)42-6-2)28(17-8-12-24(40-3)21(32)14-17)34-29(36)26(44-31(34)33-22)16-19-10-13-23(43-19)20-11-9-18(35(38)39)15-25(20)41-4/h8-16,28H,5-7H2,1-4H3/b26-16-. The first-order chi connectivity index (χ1) is 21.2. The number of ether oxygens (including phenoxy) is 3. The second-order valence-electron chi connectivity index (χ2n) is 9.65. The lowest BCUT2D eigenvalue weighted by Gasteiger charge is -2.26. The molecule has 4 aromatic rings. The van der Waals surface area contributed by atoms with E-state index in [4.69, 9.17) is 23.6 Å². The van der Waals surface area contributed by atoms with Crippen LogP contribution in [0.25, 0.3) is 17.4 Å². The number of non-ortho nitro benzene ring substituents is 1. The first-order valence-corrected chi connectivity index (χ1v) is 15.3. The average Bonchev–Trinajstić information content (AvgIpc) is 3.60. The predicted octanol–water partition coefficient (Wildman–Crippen LogP) is 5.53. The van der Waals surface area contributed by atoms with Crippen LogP contribution in [0.5, 0.6) is 11.5 Å². The number of aromatic nitrogens is 1. The minimum absolute atomic E-state index is 0.110. The molecule has 0 bridgehead atoms. The number of nitro groups is 1. The summed E-state index contributed by atoms with van der Waals surface area (Å²) in [6.07, 6.45) is 2.86. The van der Waals surface area contributed by atoms with Gasteiger partial charge in [-0.05, 0) is 65.2 Å². The van der Waals surface area contributed by atoms with Crippen molar-refractivity contribution in [1.82, 2.24) is 4.57 Å². The van der Waals surface area contributed by atoms with Crippen molar-refractivity contribution in [2.75, 3.05) is 20.8 Å². The van der Waals surface area contributed by atoms with Crippen molar-refractivity contribution < 1.29 is 28.3 Å². The Balaban J connectivity index is 1.66. The van der Waals surface area contributed by atoms with Crippen molar-refractivity contribution in [3.05, 3.63) is 105 Å². The third kappa shape index (κ3) is 5.84. The van der Waals surface area contributed by atoms with E-state index in [9.17, 15) is 19.7 Å². The molecular weight excluding hydrogens is 654 g/mol. The number of carbonyl (C=O) groups excluding carboxylic acids is 1. The fourth-order valence-electron chi connectivity index (χ4n) is 4.99. The van der Waals surface area contributed by atoms with Crippen LogP contribution in [-0.4, -0.2) is 36.3 Å². The van der Waals surface area contributed by atoms with E-state index in [-0.39, 0.29) is 23.6 Å². The minimum atomic E-state index is -0.785. The summed E-state index contributed by atoms with van der Waals surface area (Å²) in [5.74, 6) is 1.15. The van der Waals surface area contributed by atoms with Gasteiger partial charge in [0.05, 0.1) is 63.7 Å². The van der Waals surface area contributed by atoms with Crippen LogP contribution in [0.1, 0.15) is 44.1 Å². The number of benzene rings is 2. The third-order valence-corrected chi connectivity index (χ3v) is 8.55. The molecular formula is C31H28BrN3O8S. The van der Waals surface area contributed by atoms with Crippen LogP contribution in [0.4, 0.5) is 5.69 Å². The molecule has 0 saturated carbocycles. The molecule has 0 aliphatic carbocycles. The smallest absolute Gasteiger partial charge is 0.338 e. The molecule has 0 radical (unpaired) electrons. The summed E-state index contributed by atoms with van der Waals surface area (Å²) >= 11 is 4.72. The highest BCUT2D eigenvalue weighted by molar-refractivity contribution is 9.10. The highest BCUT2D eigenvalue weighted by atomic mass is 79.9. The van der Waals surface area contributed by atoms with E-state index in [1.165, 1.54) is 35.1 Å². The second-order valence-corrected chi connectivity index (χ2v) is 11.5. The molecule has 1 aliphatic heterocycles. The molecule has 0 fully saturated rings. The lowest BCUT2D eigenvalue weighted by molar-refractivity contribution is -0.384. The number of hydrogen-bond acceptors (Lipinski definition) is 10. The average molecular weight is 683 g/mol. The van der Waals surface area contributed by atoms with Crippen LogP contribution < -0.4 is 24.4 Å². The molecule has 2 aromatic carbocycles. The Hall–Kier alpha value is -4.49. The lowest BCUT2D eigenvalue weighted by atomic mass is 9.94. The third-order valence-electron chi connectivity index (χ3n) is 6.95. The fourth-order valence-corrected chi connectivity index (χ4v) is 6.55. The Bertz CT molecular complexity index is 1970. The van der Waals surface area contributed by atoms with E-state index >= 15 is 0 Å². The molecule has 228 valence electrons. The Morgan fingerprint density at radius 1 is 1.14 bits per heavy atom. The number of rotatable bonds is 10. The topological polar surface area (TPSA) is 135 Å². The van der Waals surface area contributed by atoms with Gasteiger partial charge in [0.2, 0.25) is 0 Å². The van der Waals surface area contributed by atoms with Crippen molar-refractivity contribution in [2.45, 2.75) is 32.7 Å². The van der Waals surface area contributed by atoms with Crippen LogP contribution in [0.15, 0.2) is 78.5 Å². The Kier molecular flexibility index (Phi) is 9.16. The van der Waals surface area contributed by atoms with Gasteiger partial charge in [-0.15, -0.1) is 0 Å². The molecule has 11 nitrogen and oxygen atoms in total. The van der Waals surface area contributed by atoms with Gasteiger partial charge in [-0.1, -0.05) is 30.7 Å². The monoisotopic (exact) mass is 681 g/mol. The van der Waals surface area contributed by atoms with Gasteiger partial charge in [0, 0.05) is 12.1 Å². The van der Waals surface area contributed by atoms with Gasteiger partial charge in [-0.25, -0.2) is 9.79 Å². The van der Waals surface area contributed by atoms with E-state index in [1.54, 1.807) is 44.4 Å². The molecule has 1 aliphatic rings. The first-order valence-electron chi connectivity index (χ1n) is 13.7. The number of methoxy groups -OCH3 is 2. The highest BCUT2D eigenvalue weighted by Gasteiger charge is 2.34. The van der Waals surface area contributed by atoms with Crippen molar-refractivity contribution in [3.63, 3.8) is 0 Å². The van der Waals surface area contributed by atoms with Crippen LogP contribution >= 0.6 is 27.3 Å². The SMILES string of the molecule is CCCC1=C(C(=O)OCC)C(c2ccc(OC)c(Br)c2)n2c(s/c(=C\c3ccc(-c4ccc([N+](=O)[O-])cc4OC)o3)c2=O)=N1. The molecule has 1 atom stereocenters. The minimum Gasteiger partial charge on any atom is -0.496 e. The van der Waals surface area contributed by atoms with Gasteiger partial charge in [0.25, 0.3) is 11.2 Å². The maximum absolute atomic E-state index is 14.0. The molecule has 0 N–H and O–H groups in total. The number of nitro benzene ring substituents is 1. The van der Waals surface area contributed by atoms with Crippen LogP contribution in [0.2, 0.25) is 0 Å². The number of allylic oxidation sites excluding steroid dienone is 1. The van der Waals surface area contributed by atoms with Gasteiger partial charge in [-0.2, -0.15) is 0 Å². The maximum Gasteiger partial charge on any atom is 0.338 e. The fraction of sp³-hybridized carbons (Fsp3) is 0.258. The van der Waals surface area contributed by atoms with Gasteiger partial charge < -0.3 is 18.6 Å². The summed E-state index contributed by atoms with van der Waals surface area (Å²) < 4.78 is 24.8. The summed E-state index contributed by atoms with van der Waals surface area (Å²) in [5.41, 5.74) is 1.63. The van der Waals surface area contributed by atoms with E-state index in [0.29, 0.717) is 59.9 Å². The zero-order chi connectivity index (χ0) is 31.5. The summed E-state index contributed by atoms with van der Waals surface area (Å²) in [6.45, 7) is 3.90. The first kappa shape index (κ1) is 31.0. The van der Waals surface area contributed by atoms with E-state index in [2.05, 4.69) is 15.9 Å². The van der Waals surface area contributed by atoms with Crippen molar-refractivity contribution in [1.29, 1.82) is 0 Å². The number of carbonyl (C=O) groups is 1. The van der Waals surface area contributed by atoms with Gasteiger partial charge in [0.1, 0.15) is 23.0 Å². The normalized spacial score (nSPS) is 14.7. The number of furan rings is 1. The van der Waals surface area contributed by atoms with E-state index < -0.39 is 16.9 Å². The van der Waals surface area contributed by atoms with E-state index in [1.807, 2.05) is 19.1 Å². The molecule has 0 spiro atoms. The molecule has 0 saturated heterocycles.